The number of carboxylic acids is 1. The van der Waals surface area contributed by atoms with Gasteiger partial charge in [0.1, 0.15) is 5.00 Å². The van der Waals surface area contributed by atoms with Gasteiger partial charge >= 0.3 is 5.97 Å². The Balaban J connectivity index is 2.32. The van der Waals surface area contributed by atoms with Crippen LogP contribution in [0.5, 0.6) is 0 Å². The number of benzene rings is 1. The Hall–Kier alpha value is -2.67. The SMILES string of the molecule is CC(=O)Nc1sc(C)c(C)c1C(=O)Nc1cccc(C(=O)O)c1. The van der Waals surface area contributed by atoms with Crippen molar-refractivity contribution in [2.24, 2.45) is 0 Å². The van der Waals surface area contributed by atoms with Crippen LogP contribution in [0.15, 0.2) is 24.3 Å². The average Bonchev–Trinajstić information content (AvgIpc) is 2.73. The van der Waals surface area contributed by atoms with Crippen molar-refractivity contribution in [3.05, 3.63) is 45.8 Å². The molecule has 1 aromatic heterocycles. The van der Waals surface area contributed by atoms with Crippen LogP contribution in [0.1, 0.15) is 38.1 Å². The summed E-state index contributed by atoms with van der Waals surface area (Å²) in [4.78, 5) is 35.7. The number of anilines is 2. The van der Waals surface area contributed by atoms with Crippen molar-refractivity contribution in [3.8, 4) is 0 Å². The molecule has 0 saturated heterocycles. The van der Waals surface area contributed by atoms with Crippen LogP contribution in [0, 0.1) is 13.8 Å². The topological polar surface area (TPSA) is 95.5 Å². The van der Waals surface area contributed by atoms with Crippen molar-refractivity contribution in [2.75, 3.05) is 10.6 Å². The minimum Gasteiger partial charge on any atom is -0.478 e. The highest BCUT2D eigenvalue weighted by atomic mass is 32.1. The van der Waals surface area contributed by atoms with Crippen LogP contribution in [0.2, 0.25) is 0 Å². The van der Waals surface area contributed by atoms with E-state index in [9.17, 15) is 14.4 Å². The molecular formula is C16H16N2O4S. The summed E-state index contributed by atoms with van der Waals surface area (Å²) in [6, 6.07) is 5.99. The maximum absolute atomic E-state index is 12.5. The standard InChI is InChI=1S/C16H16N2O4S/c1-8-9(2)23-15(17-10(3)19)13(8)14(20)18-12-6-4-5-11(7-12)16(21)22/h4-7H,1-3H3,(H,17,19)(H,18,20)(H,21,22). The van der Waals surface area contributed by atoms with E-state index in [2.05, 4.69) is 10.6 Å². The summed E-state index contributed by atoms with van der Waals surface area (Å²) in [5.41, 5.74) is 1.64. The lowest BCUT2D eigenvalue weighted by atomic mass is 10.1. The van der Waals surface area contributed by atoms with Crippen LogP contribution in [0.3, 0.4) is 0 Å². The van der Waals surface area contributed by atoms with Gasteiger partial charge in [-0.15, -0.1) is 11.3 Å². The minimum absolute atomic E-state index is 0.0862. The second-order valence-corrected chi connectivity index (χ2v) is 6.23. The minimum atomic E-state index is -1.07. The van der Waals surface area contributed by atoms with E-state index >= 15 is 0 Å². The summed E-state index contributed by atoms with van der Waals surface area (Å²) in [7, 11) is 0. The predicted molar refractivity (Wildman–Crippen MR) is 89.5 cm³/mol. The second kappa shape index (κ2) is 6.62. The Labute approximate surface area is 137 Å². The largest absolute Gasteiger partial charge is 0.478 e. The van der Waals surface area contributed by atoms with E-state index in [-0.39, 0.29) is 11.5 Å². The van der Waals surface area contributed by atoms with E-state index < -0.39 is 11.9 Å². The van der Waals surface area contributed by atoms with Gasteiger partial charge in [0.2, 0.25) is 5.91 Å². The van der Waals surface area contributed by atoms with Crippen LogP contribution in [0.25, 0.3) is 0 Å². The highest BCUT2D eigenvalue weighted by molar-refractivity contribution is 7.16. The first kappa shape index (κ1) is 16.7. The molecule has 2 amide bonds. The average molecular weight is 332 g/mol. The van der Waals surface area contributed by atoms with Gasteiger partial charge in [-0.3, -0.25) is 9.59 Å². The van der Waals surface area contributed by atoms with E-state index in [0.29, 0.717) is 16.3 Å². The third kappa shape index (κ3) is 3.75. The molecule has 1 heterocycles. The monoisotopic (exact) mass is 332 g/mol. The maximum atomic E-state index is 12.5. The van der Waals surface area contributed by atoms with Crippen LogP contribution in [0.4, 0.5) is 10.7 Å². The normalized spacial score (nSPS) is 10.2. The quantitative estimate of drug-likeness (QED) is 0.800. The first-order valence-electron chi connectivity index (χ1n) is 6.82. The van der Waals surface area contributed by atoms with Gasteiger partial charge in [0.15, 0.2) is 0 Å². The lowest BCUT2D eigenvalue weighted by Crippen LogP contribution is -2.16. The van der Waals surface area contributed by atoms with Gasteiger partial charge in [0.05, 0.1) is 11.1 Å². The Morgan fingerprint density at radius 3 is 2.43 bits per heavy atom. The Kier molecular flexibility index (Phi) is 4.80. The molecule has 0 radical (unpaired) electrons. The molecule has 1 aromatic carbocycles. The molecule has 0 aliphatic carbocycles. The Morgan fingerprint density at radius 2 is 1.83 bits per heavy atom. The molecule has 120 valence electrons. The van der Waals surface area contributed by atoms with Crippen molar-refractivity contribution in [3.63, 3.8) is 0 Å². The molecule has 0 aliphatic rings. The van der Waals surface area contributed by atoms with Gasteiger partial charge in [0.25, 0.3) is 5.91 Å². The summed E-state index contributed by atoms with van der Waals surface area (Å²) in [6.07, 6.45) is 0. The zero-order valence-corrected chi connectivity index (χ0v) is 13.7. The highest BCUT2D eigenvalue weighted by Gasteiger charge is 2.20. The zero-order chi connectivity index (χ0) is 17.1. The summed E-state index contributed by atoms with van der Waals surface area (Å²) in [5, 5.41) is 14.8. The Morgan fingerprint density at radius 1 is 1.13 bits per heavy atom. The summed E-state index contributed by atoms with van der Waals surface area (Å²) in [6.45, 7) is 5.05. The van der Waals surface area contributed by atoms with Crippen molar-refractivity contribution in [1.29, 1.82) is 0 Å². The van der Waals surface area contributed by atoms with E-state index in [1.165, 1.54) is 30.4 Å². The number of amides is 2. The lowest BCUT2D eigenvalue weighted by molar-refractivity contribution is -0.114. The summed E-state index contributed by atoms with van der Waals surface area (Å²) in [5.74, 6) is -1.71. The molecule has 0 atom stereocenters. The van der Waals surface area contributed by atoms with Gasteiger partial charge in [-0.2, -0.15) is 0 Å². The number of rotatable bonds is 4. The fourth-order valence-corrected chi connectivity index (χ4v) is 3.18. The molecule has 3 N–H and O–H groups in total. The number of carbonyl (C=O) groups excluding carboxylic acids is 2. The molecule has 0 unspecified atom stereocenters. The second-order valence-electron chi connectivity index (χ2n) is 5.01. The summed E-state index contributed by atoms with van der Waals surface area (Å²) < 4.78 is 0. The first-order valence-corrected chi connectivity index (χ1v) is 7.63. The number of carboxylic acid groups (broad SMARTS) is 1. The number of hydrogen-bond donors (Lipinski definition) is 3. The van der Waals surface area contributed by atoms with Crippen LogP contribution in [-0.4, -0.2) is 22.9 Å². The van der Waals surface area contributed by atoms with Crippen molar-refractivity contribution in [2.45, 2.75) is 20.8 Å². The highest BCUT2D eigenvalue weighted by Crippen LogP contribution is 2.33. The third-order valence-corrected chi connectivity index (χ3v) is 4.39. The van der Waals surface area contributed by atoms with Gasteiger partial charge in [-0.05, 0) is 37.6 Å². The molecule has 23 heavy (non-hydrogen) atoms. The molecule has 0 aliphatic heterocycles. The van der Waals surface area contributed by atoms with E-state index in [1.54, 1.807) is 19.1 Å². The number of aryl methyl sites for hydroxylation is 1. The molecule has 2 rings (SSSR count). The van der Waals surface area contributed by atoms with Crippen LogP contribution >= 0.6 is 11.3 Å². The molecule has 7 heteroatoms. The maximum Gasteiger partial charge on any atom is 0.335 e. The summed E-state index contributed by atoms with van der Waals surface area (Å²) >= 11 is 1.33. The molecule has 0 spiro atoms. The smallest absolute Gasteiger partial charge is 0.335 e. The third-order valence-electron chi connectivity index (χ3n) is 3.27. The number of aromatic carboxylic acids is 1. The van der Waals surface area contributed by atoms with E-state index in [1.807, 2.05) is 6.92 Å². The molecule has 0 saturated carbocycles. The molecule has 0 bridgehead atoms. The van der Waals surface area contributed by atoms with Crippen molar-refractivity contribution < 1.29 is 19.5 Å². The van der Waals surface area contributed by atoms with Gasteiger partial charge < -0.3 is 15.7 Å². The molecular weight excluding hydrogens is 316 g/mol. The van der Waals surface area contributed by atoms with Crippen LogP contribution < -0.4 is 10.6 Å². The molecule has 6 nitrogen and oxygen atoms in total. The fraction of sp³-hybridized carbons (Fsp3) is 0.188. The lowest BCUT2D eigenvalue weighted by Gasteiger charge is -2.08. The zero-order valence-electron chi connectivity index (χ0n) is 12.9. The van der Waals surface area contributed by atoms with Gasteiger partial charge in [-0.1, -0.05) is 6.07 Å². The van der Waals surface area contributed by atoms with Gasteiger partial charge in [-0.25, -0.2) is 4.79 Å². The number of hydrogen-bond acceptors (Lipinski definition) is 4. The fourth-order valence-electron chi connectivity index (χ4n) is 2.07. The van der Waals surface area contributed by atoms with Crippen molar-refractivity contribution in [1.82, 2.24) is 0 Å². The number of nitrogens with one attached hydrogen (secondary N) is 2. The van der Waals surface area contributed by atoms with Gasteiger partial charge in [0, 0.05) is 17.5 Å². The first-order chi connectivity index (χ1) is 10.8. The molecule has 2 aromatic rings. The predicted octanol–water partition coefficient (Wildman–Crippen LogP) is 3.27. The van der Waals surface area contributed by atoms with E-state index in [0.717, 1.165) is 10.4 Å². The van der Waals surface area contributed by atoms with E-state index in [4.69, 9.17) is 5.11 Å². The number of thiophene rings is 1. The van der Waals surface area contributed by atoms with Crippen molar-refractivity contribution >= 4 is 39.8 Å². The molecule has 0 fully saturated rings. The number of carbonyl (C=O) groups is 3. The van der Waals surface area contributed by atoms with Crippen LogP contribution in [-0.2, 0) is 4.79 Å². The Bertz CT molecular complexity index is 795.